The molecule has 0 aliphatic heterocycles. The van der Waals surface area contributed by atoms with Crippen molar-refractivity contribution >= 4 is 23.6 Å². The van der Waals surface area contributed by atoms with E-state index in [4.69, 9.17) is 4.74 Å². The Labute approximate surface area is 142 Å². The largest absolute Gasteiger partial charge is 0.449 e. The summed E-state index contributed by atoms with van der Waals surface area (Å²) in [6.45, 7) is 6.37. The zero-order chi connectivity index (χ0) is 17.9. The van der Waals surface area contributed by atoms with Crippen molar-refractivity contribution in [2.24, 2.45) is 0 Å². The molecule has 0 saturated heterocycles. The Balaban J connectivity index is 2.66. The molecule has 7 heteroatoms. The zero-order valence-electron chi connectivity index (χ0n) is 14.3. The van der Waals surface area contributed by atoms with Crippen molar-refractivity contribution in [2.75, 3.05) is 18.4 Å². The second-order valence-electron chi connectivity index (χ2n) is 5.22. The third-order valence-corrected chi connectivity index (χ3v) is 3.22. The predicted molar refractivity (Wildman–Crippen MR) is 91.9 cm³/mol. The number of esters is 1. The minimum absolute atomic E-state index is 0.353. The van der Waals surface area contributed by atoms with Gasteiger partial charge in [-0.15, -0.1) is 0 Å². The van der Waals surface area contributed by atoms with Gasteiger partial charge < -0.3 is 15.4 Å². The SMILES string of the molecule is CCCCNc1ccccc1C(=O)O[C@H](C)C(=O)NC(=O)NCC. The van der Waals surface area contributed by atoms with Gasteiger partial charge in [-0.05, 0) is 32.4 Å². The first-order chi connectivity index (χ1) is 11.5. The molecule has 1 aromatic carbocycles. The highest BCUT2D eigenvalue weighted by Gasteiger charge is 2.22. The van der Waals surface area contributed by atoms with Crippen molar-refractivity contribution in [3.8, 4) is 0 Å². The van der Waals surface area contributed by atoms with E-state index < -0.39 is 24.0 Å². The molecule has 0 fully saturated rings. The van der Waals surface area contributed by atoms with Crippen molar-refractivity contribution in [1.82, 2.24) is 10.6 Å². The second-order valence-corrected chi connectivity index (χ2v) is 5.22. The highest BCUT2D eigenvalue weighted by atomic mass is 16.5. The van der Waals surface area contributed by atoms with Gasteiger partial charge in [0.1, 0.15) is 0 Å². The van der Waals surface area contributed by atoms with Crippen LogP contribution in [0, 0.1) is 0 Å². The van der Waals surface area contributed by atoms with Gasteiger partial charge >= 0.3 is 12.0 Å². The molecule has 0 aliphatic rings. The van der Waals surface area contributed by atoms with E-state index in [1.807, 2.05) is 6.07 Å². The van der Waals surface area contributed by atoms with Crippen LogP contribution in [0.3, 0.4) is 0 Å². The fourth-order valence-corrected chi connectivity index (χ4v) is 1.91. The quantitative estimate of drug-likeness (QED) is 0.500. The zero-order valence-corrected chi connectivity index (χ0v) is 14.3. The van der Waals surface area contributed by atoms with Gasteiger partial charge in [-0.25, -0.2) is 9.59 Å². The molecule has 1 rings (SSSR count). The van der Waals surface area contributed by atoms with E-state index in [1.54, 1.807) is 25.1 Å². The average molecular weight is 335 g/mol. The molecule has 0 spiro atoms. The van der Waals surface area contributed by atoms with Gasteiger partial charge in [0.2, 0.25) is 0 Å². The van der Waals surface area contributed by atoms with E-state index in [1.165, 1.54) is 6.92 Å². The number of imide groups is 1. The first kappa shape index (κ1) is 19.5. The van der Waals surface area contributed by atoms with Gasteiger partial charge in [-0.3, -0.25) is 10.1 Å². The number of benzene rings is 1. The summed E-state index contributed by atoms with van der Waals surface area (Å²) < 4.78 is 5.15. The molecule has 0 unspecified atom stereocenters. The van der Waals surface area contributed by atoms with Crippen LogP contribution in [0.25, 0.3) is 0 Å². The number of unbranched alkanes of at least 4 members (excludes halogenated alkanes) is 1. The molecular formula is C17H25N3O4. The number of anilines is 1. The number of urea groups is 1. The molecule has 0 heterocycles. The number of hydrogen-bond acceptors (Lipinski definition) is 5. The first-order valence-electron chi connectivity index (χ1n) is 8.12. The first-order valence-corrected chi connectivity index (χ1v) is 8.12. The summed E-state index contributed by atoms with van der Waals surface area (Å²) in [4.78, 5) is 35.4. The molecule has 3 N–H and O–H groups in total. The van der Waals surface area contributed by atoms with E-state index in [9.17, 15) is 14.4 Å². The summed E-state index contributed by atoms with van der Waals surface area (Å²) in [5, 5.41) is 7.73. The average Bonchev–Trinajstić information content (AvgIpc) is 2.55. The maximum absolute atomic E-state index is 12.3. The topological polar surface area (TPSA) is 96.5 Å². The number of amides is 3. The molecule has 3 amide bonds. The van der Waals surface area contributed by atoms with Crippen molar-refractivity contribution in [3.63, 3.8) is 0 Å². The van der Waals surface area contributed by atoms with E-state index in [0.29, 0.717) is 17.8 Å². The Kier molecular flexibility index (Phi) is 8.32. The van der Waals surface area contributed by atoms with Crippen LogP contribution in [0.5, 0.6) is 0 Å². The smallest absolute Gasteiger partial charge is 0.341 e. The van der Waals surface area contributed by atoms with Crippen molar-refractivity contribution in [3.05, 3.63) is 29.8 Å². The normalized spacial score (nSPS) is 11.3. The molecule has 132 valence electrons. The molecular weight excluding hydrogens is 310 g/mol. The Hall–Kier alpha value is -2.57. The van der Waals surface area contributed by atoms with E-state index in [2.05, 4.69) is 22.9 Å². The van der Waals surface area contributed by atoms with Crippen LogP contribution in [0.4, 0.5) is 10.5 Å². The van der Waals surface area contributed by atoms with Crippen LogP contribution in [0.1, 0.15) is 44.0 Å². The lowest BCUT2D eigenvalue weighted by Crippen LogP contribution is -2.44. The van der Waals surface area contributed by atoms with Gasteiger partial charge in [-0.1, -0.05) is 25.5 Å². The summed E-state index contributed by atoms with van der Waals surface area (Å²) in [6, 6.07) is 6.33. The summed E-state index contributed by atoms with van der Waals surface area (Å²) in [5.41, 5.74) is 1.01. The van der Waals surface area contributed by atoms with Crippen LogP contribution >= 0.6 is 0 Å². The minimum atomic E-state index is -1.08. The molecule has 7 nitrogen and oxygen atoms in total. The fourth-order valence-electron chi connectivity index (χ4n) is 1.91. The number of nitrogens with one attached hydrogen (secondary N) is 3. The van der Waals surface area contributed by atoms with Crippen LogP contribution in [0.2, 0.25) is 0 Å². The molecule has 0 bridgehead atoms. The summed E-state index contributed by atoms with van der Waals surface area (Å²) in [6.07, 6.45) is 0.939. The van der Waals surface area contributed by atoms with E-state index >= 15 is 0 Å². The fraction of sp³-hybridized carbons (Fsp3) is 0.471. The number of carbonyl (C=O) groups is 3. The highest BCUT2D eigenvalue weighted by molar-refractivity contribution is 6.00. The third kappa shape index (κ3) is 6.28. The summed E-state index contributed by atoms with van der Waals surface area (Å²) >= 11 is 0. The molecule has 1 atom stereocenters. The van der Waals surface area contributed by atoms with Crippen molar-refractivity contribution in [1.29, 1.82) is 0 Å². The Morgan fingerprint density at radius 2 is 1.88 bits per heavy atom. The van der Waals surface area contributed by atoms with Gasteiger partial charge in [-0.2, -0.15) is 0 Å². The van der Waals surface area contributed by atoms with Crippen molar-refractivity contribution < 1.29 is 19.1 Å². The van der Waals surface area contributed by atoms with Crippen LogP contribution in [0.15, 0.2) is 24.3 Å². The lowest BCUT2D eigenvalue weighted by atomic mass is 10.1. The number of carbonyl (C=O) groups excluding carboxylic acids is 3. The maximum Gasteiger partial charge on any atom is 0.341 e. The predicted octanol–water partition coefficient (Wildman–Crippen LogP) is 2.29. The molecule has 0 aromatic heterocycles. The molecule has 0 saturated carbocycles. The maximum atomic E-state index is 12.3. The molecule has 0 aliphatic carbocycles. The van der Waals surface area contributed by atoms with Gasteiger partial charge in [0.25, 0.3) is 5.91 Å². The van der Waals surface area contributed by atoms with E-state index in [0.717, 1.165) is 19.4 Å². The Morgan fingerprint density at radius 1 is 1.17 bits per heavy atom. The number of hydrogen-bond donors (Lipinski definition) is 3. The molecule has 0 radical (unpaired) electrons. The van der Waals surface area contributed by atoms with Crippen LogP contribution in [-0.4, -0.2) is 37.1 Å². The number of rotatable bonds is 8. The lowest BCUT2D eigenvalue weighted by molar-refractivity contribution is -0.127. The summed E-state index contributed by atoms with van der Waals surface area (Å²) in [5.74, 6) is -1.29. The molecule has 24 heavy (non-hydrogen) atoms. The second kappa shape index (κ2) is 10.3. The van der Waals surface area contributed by atoms with Crippen molar-refractivity contribution in [2.45, 2.75) is 39.7 Å². The van der Waals surface area contributed by atoms with Gasteiger partial charge in [0.05, 0.1) is 5.56 Å². The number of para-hydroxylation sites is 1. The third-order valence-electron chi connectivity index (χ3n) is 3.22. The Morgan fingerprint density at radius 3 is 2.54 bits per heavy atom. The lowest BCUT2D eigenvalue weighted by Gasteiger charge is -2.15. The Bertz CT molecular complexity index is 575. The monoisotopic (exact) mass is 335 g/mol. The number of ether oxygens (including phenoxy) is 1. The summed E-state index contributed by atoms with van der Waals surface area (Å²) in [7, 11) is 0. The standard InChI is InChI=1S/C17H25N3O4/c1-4-6-11-19-14-10-8-7-9-13(14)16(22)24-12(3)15(21)20-17(23)18-5-2/h7-10,12,19H,4-6,11H2,1-3H3,(H2,18,20,21,23)/t12-/m1/s1. The van der Waals surface area contributed by atoms with Gasteiger partial charge in [0, 0.05) is 18.8 Å². The van der Waals surface area contributed by atoms with Crippen LogP contribution < -0.4 is 16.0 Å². The molecule has 1 aromatic rings. The minimum Gasteiger partial charge on any atom is -0.449 e. The van der Waals surface area contributed by atoms with E-state index in [-0.39, 0.29) is 0 Å². The van der Waals surface area contributed by atoms with Crippen LogP contribution in [-0.2, 0) is 9.53 Å². The highest BCUT2D eigenvalue weighted by Crippen LogP contribution is 2.17. The van der Waals surface area contributed by atoms with Gasteiger partial charge in [0.15, 0.2) is 6.10 Å².